The van der Waals surface area contributed by atoms with Crippen LogP contribution in [0.15, 0.2) is 27.6 Å². The number of hydrogen-bond acceptors (Lipinski definition) is 4. The third kappa shape index (κ3) is 3.24. The molecule has 0 saturated carbocycles. The van der Waals surface area contributed by atoms with Gasteiger partial charge in [0.1, 0.15) is 10.3 Å². The van der Waals surface area contributed by atoms with Gasteiger partial charge in [-0.05, 0) is 25.1 Å². The lowest BCUT2D eigenvalue weighted by atomic mass is 9.86. The molecule has 2 unspecified atom stereocenters. The molecule has 1 aromatic carbocycles. The van der Waals surface area contributed by atoms with Crippen LogP contribution in [0.5, 0.6) is 0 Å². The van der Waals surface area contributed by atoms with Crippen molar-refractivity contribution in [3.8, 4) is 0 Å². The second-order valence-electron chi connectivity index (χ2n) is 4.99. The van der Waals surface area contributed by atoms with Gasteiger partial charge in [-0.1, -0.05) is 27.5 Å². The second-order valence-corrected chi connectivity index (χ2v) is 7.99. The zero-order valence-electron chi connectivity index (χ0n) is 11.0. The van der Waals surface area contributed by atoms with Crippen molar-refractivity contribution in [2.45, 2.75) is 17.9 Å². The van der Waals surface area contributed by atoms with Gasteiger partial charge >= 0.3 is 5.97 Å². The fourth-order valence-corrected chi connectivity index (χ4v) is 4.36. The standard InChI is InChI=1S/C12H13BrClNO5S/c1-12(11(16)17)6-20-5-10(12)15-21(18,19)9-3-2-7(13)4-8(9)14/h2-4,10,15H,5-6H2,1H3,(H,16,17). The first kappa shape index (κ1) is 16.7. The molecular formula is C12H13BrClNO5S. The van der Waals surface area contributed by atoms with Gasteiger partial charge in [-0.3, -0.25) is 4.79 Å². The first-order valence-electron chi connectivity index (χ1n) is 5.95. The average Bonchev–Trinajstić information content (AvgIpc) is 2.71. The largest absolute Gasteiger partial charge is 0.481 e. The molecule has 21 heavy (non-hydrogen) atoms. The number of halogens is 2. The van der Waals surface area contributed by atoms with Gasteiger partial charge in [0.15, 0.2) is 0 Å². The van der Waals surface area contributed by atoms with Crippen LogP contribution in [0.2, 0.25) is 5.02 Å². The van der Waals surface area contributed by atoms with Crippen molar-refractivity contribution >= 4 is 43.5 Å². The van der Waals surface area contributed by atoms with E-state index in [-0.39, 0.29) is 23.1 Å². The molecule has 1 aromatic rings. The van der Waals surface area contributed by atoms with Crippen LogP contribution < -0.4 is 4.72 Å². The summed E-state index contributed by atoms with van der Waals surface area (Å²) in [5.41, 5.74) is -1.31. The Kier molecular flexibility index (Phi) is 4.65. The Bertz CT molecular complexity index is 680. The topological polar surface area (TPSA) is 92.7 Å². The van der Waals surface area contributed by atoms with Crippen LogP contribution >= 0.6 is 27.5 Å². The minimum atomic E-state index is -3.94. The molecule has 6 nitrogen and oxygen atoms in total. The summed E-state index contributed by atoms with van der Waals surface area (Å²) < 4.78 is 32.9. The van der Waals surface area contributed by atoms with Crippen molar-refractivity contribution in [1.29, 1.82) is 0 Å². The van der Waals surface area contributed by atoms with E-state index in [0.29, 0.717) is 4.47 Å². The van der Waals surface area contributed by atoms with Crippen molar-refractivity contribution in [2.75, 3.05) is 13.2 Å². The van der Waals surface area contributed by atoms with Crippen molar-refractivity contribution in [3.05, 3.63) is 27.7 Å². The lowest BCUT2D eigenvalue weighted by Crippen LogP contribution is -2.49. The monoisotopic (exact) mass is 397 g/mol. The summed E-state index contributed by atoms with van der Waals surface area (Å²) >= 11 is 9.13. The normalized spacial score (nSPS) is 26.0. The summed E-state index contributed by atoms with van der Waals surface area (Å²) in [6.45, 7) is 1.39. The SMILES string of the molecule is CC1(C(=O)O)COCC1NS(=O)(=O)c1ccc(Br)cc1Cl. The number of ether oxygens (including phenoxy) is 1. The van der Waals surface area contributed by atoms with Crippen LogP contribution in [0.25, 0.3) is 0 Å². The van der Waals surface area contributed by atoms with Gasteiger partial charge < -0.3 is 9.84 Å². The fraction of sp³-hybridized carbons (Fsp3) is 0.417. The fourth-order valence-electron chi connectivity index (χ4n) is 1.99. The molecule has 0 amide bonds. The van der Waals surface area contributed by atoms with Gasteiger partial charge in [-0.2, -0.15) is 0 Å². The zero-order chi connectivity index (χ0) is 15.8. The zero-order valence-corrected chi connectivity index (χ0v) is 14.1. The van der Waals surface area contributed by atoms with Crippen molar-refractivity contribution in [2.24, 2.45) is 5.41 Å². The van der Waals surface area contributed by atoms with Gasteiger partial charge in [0.2, 0.25) is 10.0 Å². The molecule has 2 rings (SSSR count). The molecular weight excluding hydrogens is 386 g/mol. The summed E-state index contributed by atoms with van der Waals surface area (Å²) in [6, 6.07) is 3.49. The number of aliphatic carboxylic acids is 1. The Balaban J connectivity index is 2.31. The highest BCUT2D eigenvalue weighted by Gasteiger charge is 2.48. The Labute approximate surface area is 135 Å². The maximum atomic E-state index is 12.4. The quantitative estimate of drug-likeness (QED) is 0.808. The second kappa shape index (κ2) is 5.85. The Morgan fingerprint density at radius 2 is 2.24 bits per heavy atom. The van der Waals surface area contributed by atoms with Gasteiger partial charge in [0.25, 0.3) is 0 Å². The third-order valence-electron chi connectivity index (χ3n) is 3.42. The summed E-state index contributed by atoms with van der Waals surface area (Å²) in [5.74, 6) is -1.12. The number of carboxylic acids is 1. The first-order valence-corrected chi connectivity index (χ1v) is 8.61. The van der Waals surface area contributed by atoms with Gasteiger partial charge in [-0.25, -0.2) is 13.1 Å². The highest BCUT2D eigenvalue weighted by atomic mass is 79.9. The molecule has 1 aliphatic heterocycles. The predicted octanol–water partition coefficient (Wildman–Crippen LogP) is 1.87. The van der Waals surface area contributed by atoms with E-state index in [9.17, 15) is 18.3 Å². The van der Waals surface area contributed by atoms with E-state index in [1.807, 2.05) is 0 Å². The van der Waals surface area contributed by atoms with Crippen LogP contribution in [-0.4, -0.2) is 38.7 Å². The molecule has 0 spiro atoms. The number of carbonyl (C=O) groups is 1. The number of hydrogen-bond donors (Lipinski definition) is 2. The maximum Gasteiger partial charge on any atom is 0.313 e. The highest BCUT2D eigenvalue weighted by molar-refractivity contribution is 9.10. The first-order chi connectivity index (χ1) is 9.67. The van der Waals surface area contributed by atoms with E-state index in [4.69, 9.17) is 16.3 Å². The number of sulfonamides is 1. The van der Waals surface area contributed by atoms with E-state index in [1.165, 1.54) is 19.1 Å². The van der Waals surface area contributed by atoms with Gasteiger partial charge in [0, 0.05) is 4.47 Å². The molecule has 0 bridgehead atoms. The van der Waals surface area contributed by atoms with Crippen LogP contribution in [0.3, 0.4) is 0 Å². The minimum absolute atomic E-state index is 0.00379. The van der Waals surface area contributed by atoms with Crippen LogP contribution in [0.1, 0.15) is 6.92 Å². The Morgan fingerprint density at radius 1 is 1.57 bits per heavy atom. The Hall–Kier alpha value is -0.670. The number of rotatable bonds is 4. The molecule has 116 valence electrons. The van der Waals surface area contributed by atoms with Gasteiger partial charge in [-0.15, -0.1) is 0 Å². The summed E-state index contributed by atoms with van der Waals surface area (Å²) in [7, 11) is -3.94. The number of benzene rings is 1. The lowest BCUT2D eigenvalue weighted by Gasteiger charge is -2.25. The number of carboxylic acid groups (broad SMARTS) is 1. The minimum Gasteiger partial charge on any atom is -0.481 e. The van der Waals surface area contributed by atoms with E-state index in [2.05, 4.69) is 20.7 Å². The molecule has 2 atom stereocenters. The van der Waals surface area contributed by atoms with Crippen LogP contribution in [0.4, 0.5) is 0 Å². The van der Waals surface area contributed by atoms with E-state index < -0.39 is 27.4 Å². The predicted molar refractivity (Wildman–Crippen MR) is 79.8 cm³/mol. The van der Waals surface area contributed by atoms with Crippen molar-refractivity contribution in [1.82, 2.24) is 4.72 Å². The summed E-state index contributed by atoms with van der Waals surface area (Å²) in [4.78, 5) is 11.2. The molecule has 1 saturated heterocycles. The van der Waals surface area contributed by atoms with Crippen molar-refractivity contribution < 1.29 is 23.1 Å². The van der Waals surface area contributed by atoms with Gasteiger partial charge in [0.05, 0.1) is 24.3 Å². The van der Waals surface area contributed by atoms with E-state index >= 15 is 0 Å². The number of nitrogens with one attached hydrogen (secondary N) is 1. The lowest BCUT2D eigenvalue weighted by molar-refractivity contribution is -0.148. The molecule has 1 aliphatic rings. The molecule has 0 radical (unpaired) electrons. The smallest absolute Gasteiger partial charge is 0.313 e. The van der Waals surface area contributed by atoms with Crippen LogP contribution in [-0.2, 0) is 19.6 Å². The third-order valence-corrected chi connectivity index (χ3v) is 5.87. The highest BCUT2D eigenvalue weighted by Crippen LogP contribution is 2.31. The molecule has 0 aromatic heterocycles. The summed E-state index contributed by atoms with van der Waals surface area (Å²) in [5, 5.41) is 9.30. The van der Waals surface area contributed by atoms with Crippen molar-refractivity contribution in [3.63, 3.8) is 0 Å². The van der Waals surface area contributed by atoms with Crippen LogP contribution in [0, 0.1) is 5.41 Å². The van der Waals surface area contributed by atoms with E-state index in [0.717, 1.165) is 0 Å². The Morgan fingerprint density at radius 3 is 2.81 bits per heavy atom. The maximum absolute atomic E-state index is 12.4. The molecule has 9 heteroatoms. The van der Waals surface area contributed by atoms with E-state index in [1.54, 1.807) is 6.07 Å². The molecule has 0 aliphatic carbocycles. The molecule has 1 heterocycles. The average molecular weight is 399 g/mol. The molecule has 1 fully saturated rings. The molecule has 2 N–H and O–H groups in total. The summed E-state index contributed by atoms with van der Waals surface area (Å²) in [6.07, 6.45) is 0.